The van der Waals surface area contributed by atoms with Crippen molar-refractivity contribution >= 4 is 0 Å². The lowest BCUT2D eigenvalue weighted by Crippen LogP contribution is -2.14. The fourth-order valence-corrected chi connectivity index (χ4v) is 3.31. The van der Waals surface area contributed by atoms with Gasteiger partial charge in [0.2, 0.25) is 0 Å². The van der Waals surface area contributed by atoms with Crippen LogP contribution in [0.5, 0.6) is 0 Å². The van der Waals surface area contributed by atoms with Gasteiger partial charge in [0.1, 0.15) is 26.4 Å². The van der Waals surface area contributed by atoms with E-state index in [0.717, 1.165) is 35.9 Å². The summed E-state index contributed by atoms with van der Waals surface area (Å²) in [5, 5.41) is 0. The first-order valence-corrected chi connectivity index (χ1v) is 7.80. The molecule has 0 N–H and O–H groups in total. The third-order valence-electron chi connectivity index (χ3n) is 4.32. The molecule has 4 heteroatoms. The summed E-state index contributed by atoms with van der Waals surface area (Å²) in [6, 6.07) is 0. The minimum absolute atomic E-state index is 0.624. The number of ether oxygens (including phenoxy) is 4. The molecule has 4 nitrogen and oxygen atoms in total. The molecule has 0 aromatic carbocycles. The topological polar surface area (TPSA) is 36.9 Å². The average Bonchev–Trinajstić information content (AvgIpc) is 3.04. The fourth-order valence-electron chi connectivity index (χ4n) is 3.31. The second-order valence-electron chi connectivity index (χ2n) is 6.01. The summed E-state index contributed by atoms with van der Waals surface area (Å²) in [4.78, 5) is 0. The van der Waals surface area contributed by atoms with Crippen molar-refractivity contribution < 1.29 is 18.9 Å². The van der Waals surface area contributed by atoms with Crippen LogP contribution in [0.4, 0.5) is 0 Å². The zero-order valence-corrected chi connectivity index (χ0v) is 13.0. The molecule has 0 spiro atoms. The lowest BCUT2D eigenvalue weighted by molar-refractivity contribution is 0.0592. The van der Waals surface area contributed by atoms with E-state index < -0.39 is 0 Å². The van der Waals surface area contributed by atoms with Gasteiger partial charge >= 0.3 is 0 Å². The Kier molecular flexibility index (Phi) is 3.25. The van der Waals surface area contributed by atoms with Gasteiger partial charge < -0.3 is 18.9 Å². The van der Waals surface area contributed by atoms with Crippen LogP contribution < -0.4 is 0 Å². The molecule has 2 aliphatic carbocycles. The molecule has 0 bridgehead atoms. The molecule has 0 aromatic heterocycles. The molecule has 0 amide bonds. The Balaban J connectivity index is 1.59. The van der Waals surface area contributed by atoms with Crippen LogP contribution in [0.2, 0.25) is 0 Å². The number of allylic oxidation sites excluding steroid dienone is 6. The standard InChI is InChI=1S/C18H20O4/c1-11-9-13(17-15(11)19-5-7-21-17)3-4-14-10-12(2)16-18(14)22-8-6-20-16/h3-4H,5-10H2,1-2H3/b4-3+. The quantitative estimate of drug-likeness (QED) is 0.782. The zero-order valence-electron chi connectivity index (χ0n) is 13.0. The van der Waals surface area contributed by atoms with Gasteiger partial charge in [-0.25, -0.2) is 0 Å². The van der Waals surface area contributed by atoms with Gasteiger partial charge in [0.05, 0.1) is 0 Å². The molecule has 2 aliphatic heterocycles. The van der Waals surface area contributed by atoms with Crippen LogP contribution in [0.15, 0.2) is 57.5 Å². The summed E-state index contributed by atoms with van der Waals surface area (Å²) in [5.41, 5.74) is 4.85. The largest absolute Gasteiger partial charge is 0.486 e. The van der Waals surface area contributed by atoms with E-state index in [0.29, 0.717) is 26.4 Å². The minimum Gasteiger partial charge on any atom is -0.486 e. The van der Waals surface area contributed by atoms with E-state index in [1.807, 2.05) is 0 Å². The highest BCUT2D eigenvalue weighted by atomic mass is 16.6. The van der Waals surface area contributed by atoms with Crippen molar-refractivity contribution in [1.29, 1.82) is 0 Å². The predicted octanol–water partition coefficient (Wildman–Crippen LogP) is 3.50. The van der Waals surface area contributed by atoms with Crippen molar-refractivity contribution in [2.75, 3.05) is 26.4 Å². The molecule has 0 aromatic rings. The van der Waals surface area contributed by atoms with Crippen molar-refractivity contribution in [3.8, 4) is 0 Å². The highest BCUT2D eigenvalue weighted by molar-refractivity contribution is 5.50. The molecule has 2 heterocycles. The summed E-state index contributed by atoms with van der Waals surface area (Å²) in [7, 11) is 0. The summed E-state index contributed by atoms with van der Waals surface area (Å²) in [6.07, 6.45) is 6.05. The van der Waals surface area contributed by atoms with Crippen molar-refractivity contribution in [2.45, 2.75) is 26.7 Å². The molecule has 0 atom stereocenters. The Morgan fingerprint density at radius 1 is 0.591 bits per heavy atom. The Hall–Kier alpha value is -2.10. The van der Waals surface area contributed by atoms with E-state index in [2.05, 4.69) is 26.0 Å². The third-order valence-corrected chi connectivity index (χ3v) is 4.32. The molecule has 2 fully saturated rings. The van der Waals surface area contributed by atoms with E-state index in [9.17, 15) is 0 Å². The predicted molar refractivity (Wildman–Crippen MR) is 81.6 cm³/mol. The van der Waals surface area contributed by atoms with E-state index >= 15 is 0 Å². The summed E-state index contributed by atoms with van der Waals surface area (Å²) < 4.78 is 23.0. The minimum atomic E-state index is 0.624. The molecular weight excluding hydrogens is 280 g/mol. The Morgan fingerprint density at radius 3 is 1.36 bits per heavy atom. The Bertz CT molecular complexity index is 615. The molecule has 0 unspecified atom stereocenters. The normalized spacial score (nSPS) is 24.3. The summed E-state index contributed by atoms with van der Waals surface area (Å²) >= 11 is 0. The molecule has 4 aliphatic rings. The maximum Gasteiger partial charge on any atom is 0.164 e. The van der Waals surface area contributed by atoms with Crippen LogP contribution in [0.25, 0.3) is 0 Å². The van der Waals surface area contributed by atoms with Crippen LogP contribution in [-0.4, -0.2) is 26.4 Å². The van der Waals surface area contributed by atoms with Gasteiger partial charge in [0.25, 0.3) is 0 Å². The van der Waals surface area contributed by atoms with Crippen LogP contribution in [0.1, 0.15) is 26.7 Å². The molecule has 116 valence electrons. The lowest BCUT2D eigenvalue weighted by Gasteiger charge is -2.20. The lowest BCUT2D eigenvalue weighted by atomic mass is 10.1. The van der Waals surface area contributed by atoms with E-state index in [1.165, 1.54) is 22.3 Å². The third kappa shape index (κ3) is 2.14. The zero-order chi connectivity index (χ0) is 15.1. The number of rotatable bonds is 2. The number of hydrogen-bond donors (Lipinski definition) is 0. The highest BCUT2D eigenvalue weighted by Crippen LogP contribution is 2.39. The second kappa shape index (κ2) is 5.27. The van der Waals surface area contributed by atoms with E-state index in [4.69, 9.17) is 18.9 Å². The SMILES string of the molecule is CC1=C2OCCOC2=C(/C=C/C2=C3OCCOC3=C(C)C2)C1. The van der Waals surface area contributed by atoms with E-state index in [1.54, 1.807) is 0 Å². The van der Waals surface area contributed by atoms with Gasteiger partial charge in [-0.3, -0.25) is 0 Å². The second-order valence-corrected chi connectivity index (χ2v) is 6.01. The summed E-state index contributed by atoms with van der Waals surface area (Å²) in [5.74, 6) is 3.69. The van der Waals surface area contributed by atoms with Crippen LogP contribution in [-0.2, 0) is 18.9 Å². The van der Waals surface area contributed by atoms with Gasteiger partial charge in [0.15, 0.2) is 23.0 Å². The number of hydrogen-bond acceptors (Lipinski definition) is 4. The molecule has 4 rings (SSSR count). The fraction of sp³-hybridized carbons (Fsp3) is 0.444. The molecule has 0 radical (unpaired) electrons. The van der Waals surface area contributed by atoms with Gasteiger partial charge in [-0.05, 0) is 25.0 Å². The number of fused-ring (bicyclic) bond motifs is 2. The van der Waals surface area contributed by atoms with Gasteiger partial charge in [-0.2, -0.15) is 0 Å². The van der Waals surface area contributed by atoms with Crippen LogP contribution in [0.3, 0.4) is 0 Å². The maximum absolute atomic E-state index is 5.79. The summed E-state index contributed by atoms with van der Waals surface area (Å²) in [6.45, 7) is 6.73. The first-order valence-electron chi connectivity index (χ1n) is 7.80. The molecule has 0 saturated carbocycles. The first-order chi connectivity index (χ1) is 10.7. The van der Waals surface area contributed by atoms with Crippen molar-refractivity contribution in [1.82, 2.24) is 0 Å². The molecule has 2 saturated heterocycles. The highest BCUT2D eigenvalue weighted by Gasteiger charge is 2.29. The monoisotopic (exact) mass is 300 g/mol. The Morgan fingerprint density at radius 2 is 0.955 bits per heavy atom. The van der Waals surface area contributed by atoms with Crippen molar-refractivity contribution in [3.63, 3.8) is 0 Å². The smallest absolute Gasteiger partial charge is 0.164 e. The van der Waals surface area contributed by atoms with E-state index in [-0.39, 0.29) is 0 Å². The molecule has 22 heavy (non-hydrogen) atoms. The van der Waals surface area contributed by atoms with Crippen molar-refractivity contribution in [2.24, 2.45) is 0 Å². The van der Waals surface area contributed by atoms with Gasteiger partial charge in [-0.1, -0.05) is 12.2 Å². The molecular formula is C18H20O4. The Labute approximate surface area is 130 Å². The van der Waals surface area contributed by atoms with Crippen LogP contribution >= 0.6 is 0 Å². The van der Waals surface area contributed by atoms with Crippen molar-refractivity contribution in [3.05, 3.63) is 57.5 Å². The maximum atomic E-state index is 5.79. The average molecular weight is 300 g/mol. The van der Waals surface area contributed by atoms with Gasteiger partial charge in [0, 0.05) is 24.0 Å². The van der Waals surface area contributed by atoms with Gasteiger partial charge in [-0.15, -0.1) is 0 Å². The van der Waals surface area contributed by atoms with Crippen LogP contribution in [0, 0.1) is 0 Å². The first kappa shape index (κ1) is 13.6.